The van der Waals surface area contributed by atoms with Crippen molar-refractivity contribution >= 4 is 0 Å². The lowest BCUT2D eigenvalue weighted by Crippen LogP contribution is -1.93. The van der Waals surface area contributed by atoms with Gasteiger partial charge in [-0.25, -0.2) is 0 Å². The van der Waals surface area contributed by atoms with E-state index in [1.807, 2.05) is 13.0 Å². The molecule has 0 heterocycles. The Bertz CT molecular complexity index is 152. The van der Waals surface area contributed by atoms with Gasteiger partial charge < -0.3 is 4.89 Å². The summed E-state index contributed by atoms with van der Waals surface area (Å²) in [4.78, 5) is 9.69. The largest absolute Gasteiger partial charge is 0.343 e. The predicted octanol–water partition coefficient (Wildman–Crippen LogP) is 3.99. The van der Waals surface area contributed by atoms with Crippen LogP contribution in [-0.2, 0) is 9.78 Å². The summed E-state index contributed by atoms with van der Waals surface area (Å²) in [6, 6.07) is 0. The lowest BCUT2D eigenvalue weighted by molar-refractivity contribution is -0.259. The average molecular weight is 198 g/mol. The van der Waals surface area contributed by atoms with Crippen LogP contribution in [-0.4, -0.2) is 6.61 Å². The Morgan fingerprint density at radius 1 is 1.21 bits per heavy atom. The van der Waals surface area contributed by atoms with E-state index >= 15 is 0 Å². The van der Waals surface area contributed by atoms with Gasteiger partial charge in [-0.15, -0.1) is 6.58 Å². The van der Waals surface area contributed by atoms with E-state index in [0.717, 1.165) is 25.0 Å². The molecule has 0 saturated carbocycles. The van der Waals surface area contributed by atoms with Gasteiger partial charge in [0.2, 0.25) is 0 Å². The SMILES string of the molecule is C=CCCCCCCC(=C)OOCC. The molecule has 0 saturated heterocycles. The maximum atomic E-state index is 4.91. The first kappa shape index (κ1) is 13.2. The van der Waals surface area contributed by atoms with Crippen molar-refractivity contribution in [2.45, 2.75) is 45.4 Å². The van der Waals surface area contributed by atoms with Gasteiger partial charge in [-0.1, -0.05) is 25.5 Å². The van der Waals surface area contributed by atoms with E-state index in [9.17, 15) is 0 Å². The zero-order valence-corrected chi connectivity index (χ0v) is 9.26. The molecule has 0 N–H and O–H groups in total. The van der Waals surface area contributed by atoms with Gasteiger partial charge in [0.05, 0.1) is 6.61 Å². The quantitative estimate of drug-likeness (QED) is 0.174. The number of unbranched alkanes of at least 4 members (excludes halogenated alkanes) is 4. The molecule has 0 aromatic rings. The molecule has 0 atom stereocenters. The molecule has 0 fully saturated rings. The predicted molar refractivity (Wildman–Crippen MR) is 59.8 cm³/mol. The summed E-state index contributed by atoms with van der Waals surface area (Å²) < 4.78 is 0. The maximum absolute atomic E-state index is 4.91. The van der Waals surface area contributed by atoms with E-state index in [1.54, 1.807) is 0 Å². The Hall–Kier alpha value is -0.760. The van der Waals surface area contributed by atoms with E-state index in [-0.39, 0.29) is 0 Å². The van der Waals surface area contributed by atoms with Gasteiger partial charge in [-0.05, 0) is 26.2 Å². The third kappa shape index (κ3) is 9.33. The zero-order chi connectivity index (χ0) is 10.6. The summed E-state index contributed by atoms with van der Waals surface area (Å²) >= 11 is 0. The maximum Gasteiger partial charge on any atom is 0.135 e. The fourth-order valence-electron chi connectivity index (χ4n) is 1.15. The van der Waals surface area contributed by atoms with Gasteiger partial charge in [0.15, 0.2) is 0 Å². The molecule has 82 valence electrons. The van der Waals surface area contributed by atoms with Gasteiger partial charge in [-0.2, -0.15) is 4.89 Å². The summed E-state index contributed by atoms with van der Waals surface area (Å²) in [5.41, 5.74) is 0. The van der Waals surface area contributed by atoms with Crippen LogP contribution in [0.25, 0.3) is 0 Å². The minimum atomic E-state index is 0.568. The fourth-order valence-corrected chi connectivity index (χ4v) is 1.15. The minimum Gasteiger partial charge on any atom is -0.343 e. The summed E-state index contributed by atoms with van der Waals surface area (Å²) in [5, 5.41) is 0. The van der Waals surface area contributed by atoms with Crippen molar-refractivity contribution in [2.24, 2.45) is 0 Å². The summed E-state index contributed by atoms with van der Waals surface area (Å²) in [6.07, 6.45) is 8.84. The molecule has 0 aromatic carbocycles. The van der Waals surface area contributed by atoms with E-state index < -0.39 is 0 Å². The molecule has 0 aliphatic carbocycles. The molecule has 0 bridgehead atoms. The van der Waals surface area contributed by atoms with Crippen LogP contribution >= 0.6 is 0 Å². The number of rotatable bonds is 10. The molecular weight excluding hydrogens is 176 g/mol. The Morgan fingerprint density at radius 2 is 1.93 bits per heavy atom. The van der Waals surface area contributed by atoms with Crippen LogP contribution in [0.15, 0.2) is 25.0 Å². The third-order valence-corrected chi connectivity index (χ3v) is 1.91. The average Bonchev–Trinajstić information content (AvgIpc) is 2.20. The standard InChI is InChI=1S/C12H22O2/c1-4-6-7-8-9-10-11-12(3)14-13-5-2/h4H,1,3,5-11H2,2H3. The first-order chi connectivity index (χ1) is 6.81. The Kier molecular flexibility index (Phi) is 9.76. The van der Waals surface area contributed by atoms with E-state index in [0.29, 0.717) is 6.61 Å². The van der Waals surface area contributed by atoms with Crippen LogP contribution in [0, 0.1) is 0 Å². The molecule has 0 aliphatic heterocycles. The van der Waals surface area contributed by atoms with E-state index in [2.05, 4.69) is 13.2 Å². The normalized spacial score (nSPS) is 9.79. The van der Waals surface area contributed by atoms with Crippen LogP contribution < -0.4 is 0 Å². The monoisotopic (exact) mass is 198 g/mol. The van der Waals surface area contributed by atoms with E-state index in [4.69, 9.17) is 9.78 Å². The highest BCUT2D eigenvalue weighted by atomic mass is 17.2. The van der Waals surface area contributed by atoms with Crippen molar-refractivity contribution in [3.05, 3.63) is 25.0 Å². The highest BCUT2D eigenvalue weighted by Crippen LogP contribution is 2.10. The highest BCUT2D eigenvalue weighted by Gasteiger charge is 1.96. The van der Waals surface area contributed by atoms with Gasteiger partial charge in [0.1, 0.15) is 5.76 Å². The van der Waals surface area contributed by atoms with Crippen LogP contribution in [0.5, 0.6) is 0 Å². The first-order valence-corrected chi connectivity index (χ1v) is 5.39. The number of hydrogen-bond donors (Lipinski definition) is 0. The van der Waals surface area contributed by atoms with Crippen LogP contribution in [0.2, 0.25) is 0 Å². The molecule has 2 heteroatoms. The Morgan fingerprint density at radius 3 is 2.57 bits per heavy atom. The van der Waals surface area contributed by atoms with Gasteiger partial charge in [0.25, 0.3) is 0 Å². The van der Waals surface area contributed by atoms with Crippen molar-refractivity contribution in [3.8, 4) is 0 Å². The Balaban J connectivity index is 3.10. The smallest absolute Gasteiger partial charge is 0.135 e. The van der Waals surface area contributed by atoms with Crippen molar-refractivity contribution in [3.63, 3.8) is 0 Å². The molecule has 0 rings (SSSR count). The van der Waals surface area contributed by atoms with Gasteiger partial charge >= 0.3 is 0 Å². The molecule has 0 aromatic heterocycles. The van der Waals surface area contributed by atoms with Crippen LogP contribution in [0.3, 0.4) is 0 Å². The second-order valence-corrected chi connectivity index (χ2v) is 3.27. The first-order valence-electron chi connectivity index (χ1n) is 5.39. The topological polar surface area (TPSA) is 18.5 Å². The van der Waals surface area contributed by atoms with Crippen LogP contribution in [0.1, 0.15) is 45.4 Å². The lowest BCUT2D eigenvalue weighted by Gasteiger charge is -2.05. The van der Waals surface area contributed by atoms with Crippen molar-refractivity contribution < 1.29 is 9.78 Å². The van der Waals surface area contributed by atoms with Gasteiger partial charge in [-0.3, -0.25) is 0 Å². The van der Waals surface area contributed by atoms with Crippen molar-refractivity contribution in [1.82, 2.24) is 0 Å². The third-order valence-electron chi connectivity index (χ3n) is 1.91. The highest BCUT2D eigenvalue weighted by molar-refractivity contribution is 4.79. The summed E-state index contributed by atoms with van der Waals surface area (Å²) in [6.45, 7) is 9.91. The second-order valence-electron chi connectivity index (χ2n) is 3.27. The Labute approximate surface area is 87.5 Å². The summed E-state index contributed by atoms with van der Waals surface area (Å²) in [5.74, 6) is 0.732. The summed E-state index contributed by atoms with van der Waals surface area (Å²) in [7, 11) is 0. The molecule has 0 amide bonds. The fraction of sp³-hybridized carbons (Fsp3) is 0.667. The lowest BCUT2D eigenvalue weighted by atomic mass is 10.1. The molecular formula is C12H22O2. The number of allylic oxidation sites excluding steroid dienone is 2. The molecule has 0 radical (unpaired) electrons. The molecule has 14 heavy (non-hydrogen) atoms. The van der Waals surface area contributed by atoms with Gasteiger partial charge in [0, 0.05) is 6.42 Å². The molecule has 2 nitrogen and oxygen atoms in total. The van der Waals surface area contributed by atoms with Crippen molar-refractivity contribution in [1.29, 1.82) is 0 Å². The number of hydrogen-bond acceptors (Lipinski definition) is 2. The second kappa shape index (κ2) is 10.3. The zero-order valence-electron chi connectivity index (χ0n) is 9.26. The molecule has 0 aliphatic rings. The minimum absolute atomic E-state index is 0.568. The van der Waals surface area contributed by atoms with Crippen molar-refractivity contribution in [2.75, 3.05) is 6.61 Å². The molecule has 0 spiro atoms. The van der Waals surface area contributed by atoms with Crippen LogP contribution in [0.4, 0.5) is 0 Å². The van der Waals surface area contributed by atoms with E-state index in [1.165, 1.54) is 19.3 Å². The molecule has 0 unspecified atom stereocenters.